The van der Waals surface area contributed by atoms with E-state index in [1.807, 2.05) is 30.6 Å². The van der Waals surface area contributed by atoms with Crippen LogP contribution in [-0.2, 0) is 11.3 Å². The third kappa shape index (κ3) is 3.11. The van der Waals surface area contributed by atoms with Gasteiger partial charge in [-0.25, -0.2) is 4.98 Å². The third-order valence-electron chi connectivity index (χ3n) is 4.77. The minimum Gasteiger partial charge on any atom is -0.380 e. The van der Waals surface area contributed by atoms with E-state index < -0.39 is 0 Å². The van der Waals surface area contributed by atoms with Crippen LogP contribution < -0.4 is 4.90 Å². The van der Waals surface area contributed by atoms with Gasteiger partial charge in [-0.15, -0.1) is 21.5 Å². The van der Waals surface area contributed by atoms with Crippen LogP contribution >= 0.6 is 11.3 Å². The van der Waals surface area contributed by atoms with Gasteiger partial charge >= 0.3 is 0 Å². The van der Waals surface area contributed by atoms with Crippen molar-refractivity contribution in [3.8, 4) is 11.6 Å². The van der Waals surface area contributed by atoms with Gasteiger partial charge in [-0.1, -0.05) is 12.1 Å². The maximum atomic E-state index is 5.62. The first kappa shape index (κ1) is 16.5. The van der Waals surface area contributed by atoms with Crippen LogP contribution in [0.1, 0.15) is 11.3 Å². The van der Waals surface area contributed by atoms with Crippen molar-refractivity contribution in [2.45, 2.75) is 13.0 Å². The summed E-state index contributed by atoms with van der Waals surface area (Å²) >= 11 is 1.74. The maximum absolute atomic E-state index is 5.62. The number of nitrogens with zero attached hydrogens (tertiary/aromatic N) is 6. The van der Waals surface area contributed by atoms with Gasteiger partial charge in [-0.2, -0.15) is 0 Å². The molecule has 138 valence electrons. The second-order valence-electron chi connectivity index (χ2n) is 6.52. The lowest BCUT2D eigenvalue weighted by molar-refractivity contribution is 0.152. The highest BCUT2D eigenvalue weighted by Crippen LogP contribution is 2.26. The van der Waals surface area contributed by atoms with Crippen LogP contribution in [0.3, 0.4) is 0 Å². The molecule has 0 amide bonds. The molecule has 1 aliphatic rings. The molecule has 4 aromatic heterocycles. The van der Waals surface area contributed by atoms with Gasteiger partial charge in [-0.3, -0.25) is 8.97 Å². The van der Waals surface area contributed by atoms with Crippen molar-refractivity contribution >= 4 is 22.8 Å². The number of anilines is 1. The summed E-state index contributed by atoms with van der Waals surface area (Å²) in [5, 5.41) is 11.2. The second kappa shape index (κ2) is 7.13. The zero-order chi connectivity index (χ0) is 18.1. The predicted molar refractivity (Wildman–Crippen MR) is 105 cm³/mol. The number of hydrogen-bond donors (Lipinski definition) is 0. The molecular weight excluding hydrogens is 360 g/mol. The topological polar surface area (TPSA) is 60.5 Å². The second-order valence-corrected chi connectivity index (χ2v) is 7.55. The van der Waals surface area contributed by atoms with Crippen LogP contribution in [0.2, 0.25) is 0 Å². The van der Waals surface area contributed by atoms with E-state index in [9.17, 15) is 0 Å². The fourth-order valence-corrected chi connectivity index (χ4v) is 4.15. The van der Waals surface area contributed by atoms with Crippen molar-refractivity contribution in [3.63, 3.8) is 0 Å². The van der Waals surface area contributed by atoms with Gasteiger partial charge in [-0.05, 0) is 30.0 Å². The fourth-order valence-electron chi connectivity index (χ4n) is 3.45. The molecule has 7 nitrogen and oxygen atoms in total. The van der Waals surface area contributed by atoms with Crippen molar-refractivity contribution in [2.75, 3.05) is 31.2 Å². The Morgan fingerprint density at radius 2 is 2.04 bits per heavy atom. The molecule has 1 saturated heterocycles. The molecule has 4 aromatic rings. The Morgan fingerprint density at radius 3 is 2.96 bits per heavy atom. The highest BCUT2D eigenvalue weighted by molar-refractivity contribution is 7.09. The lowest BCUT2D eigenvalue weighted by atomic mass is 10.4. The molecular formula is C19H20N6OS. The summed E-state index contributed by atoms with van der Waals surface area (Å²) in [4.78, 5) is 8.17. The number of aromatic nitrogens is 5. The maximum Gasteiger partial charge on any atom is 0.228 e. The number of ether oxygens (including phenoxy) is 1. The van der Waals surface area contributed by atoms with Gasteiger partial charge in [0.05, 0.1) is 24.9 Å². The molecule has 0 radical (unpaired) electrons. The molecule has 0 N–H and O–H groups in total. The highest BCUT2D eigenvalue weighted by atomic mass is 32.1. The molecule has 0 bridgehead atoms. The molecule has 8 heteroatoms. The summed E-state index contributed by atoms with van der Waals surface area (Å²) in [5.41, 5.74) is 1.04. The molecule has 1 aliphatic heterocycles. The van der Waals surface area contributed by atoms with E-state index in [0.717, 1.165) is 55.8 Å². The molecule has 0 aliphatic carbocycles. The molecule has 1 fully saturated rings. The Labute approximate surface area is 160 Å². The van der Waals surface area contributed by atoms with Gasteiger partial charge < -0.3 is 9.64 Å². The molecule has 0 aromatic carbocycles. The van der Waals surface area contributed by atoms with E-state index in [4.69, 9.17) is 4.74 Å². The van der Waals surface area contributed by atoms with Gasteiger partial charge in [0.25, 0.3) is 0 Å². The Morgan fingerprint density at radius 1 is 1.04 bits per heavy atom. The minimum absolute atomic E-state index is 0.716. The smallest absolute Gasteiger partial charge is 0.228 e. The number of pyridine rings is 1. The fraction of sp³-hybridized carbons (Fsp3) is 0.316. The van der Waals surface area contributed by atoms with E-state index in [2.05, 4.69) is 46.6 Å². The summed E-state index contributed by atoms with van der Waals surface area (Å²) in [6, 6.07) is 10.3. The molecule has 5 heterocycles. The van der Waals surface area contributed by atoms with E-state index in [0.29, 0.717) is 6.61 Å². The minimum atomic E-state index is 0.716. The van der Waals surface area contributed by atoms with E-state index >= 15 is 0 Å². The van der Waals surface area contributed by atoms with Crippen molar-refractivity contribution < 1.29 is 4.74 Å². The van der Waals surface area contributed by atoms with Crippen molar-refractivity contribution in [1.82, 2.24) is 24.1 Å². The van der Waals surface area contributed by atoms with Gasteiger partial charge in [0.1, 0.15) is 0 Å². The SMILES string of the molecule is c1csc(Cn2c(-c3ncc4ccccn34)nnc2N2CCCOCC2)c1. The van der Waals surface area contributed by atoms with Crippen LogP contribution in [-0.4, -0.2) is 50.5 Å². The predicted octanol–water partition coefficient (Wildman–Crippen LogP) is 2.93. The molecule has 0 unspecified atom stereocenters. The van der Waals surface area contributed by atoms with Crippen LogP contribution in [0.15, 0.2) is 48.1 Å². The van der Waals surface area contributed by atoms with Crippen LogP contribution in [0.4, 0.5) is 5.95 Å². The summed E-state index contributed by atoms with van der Waals surface area (Å²) < 4.78 is 9.85. The quantitative estimate of drug-likeness (QED) is 0.545. The normalized spacial score (nSPS) is 15.3. The van der Waals surface area contributed by atoms with E-state index in [-0.39, 0.29) is 0 Å². The lowest BCUT2D eigenvalue weighted by Crippen LogP contribution is -2.29. The molecule has 27 heavy (non-hydrogen) atoms. The molecule has 0 saturated carbocycles. The Balaban J connectivity index is 1.62. The van der Waals surface area contributed by atoms with Gasteiger partial charge in [0.15, 0.2) is 5.82 Å². The first-order valence-corrected chi connectivity index (χ1v) is 9.99. The average molecular weight is 380 g/mol. The Bertz CT molecular complexity index is 1030. The number of imidazole rings is 1. The van der Waals surface area contributed by atoms with E-state index in [1.165, 1.54) is 4.88 Å². The number of rotatable bonds is 4. The number of fused-ring (bicyclic) bond motifs is 1. The van der Waals surface area contributed by atoms with Crippen molar-refractivity contribution in [3.05, 3.63) is 53.0 Å². The lowest BCUT2D eigenvalue weighted by Gasteiger charge is -2.21. The van der Waals surface area contributed by atoms with Crippen LogP contribution in [0.25, 0.3) is 17.2 Å². The van der Waals surface area contributed by atoms with Crippen molar-refractivity contribution in [1.29, 1.82) is 0 Å². The summed E-state index contributed by atoms with van der Waals surface area (Å²) in [6.45, 7) is 3.99. The summed E-state index contributed by atoms with van der Waals surface area (Å²) in [5.74, 6) is 2.48. The van der Waals surface area contributed by atoms with Gasteiger partial charge in [0, 0.05) is 30.8 Å². The standard InChI is InChI=1S/C19H20N6OS/c1-2-8-24-15(5-1)13-20-17(24)18-21-22-19(23-7-4-10-26-11-9-23)25(18)14-16-6-3-12-27-16/h1-3,5-6,8,12-13H,4,7,9-11,14H2. The summed E-state index contributed by atoms with van der Waals surface area (Å²) in [7, 11) is 0. The zero-order valence-electron chi connectivity index (χ0n) is 14.9. The molecule has 5 rings (SSSR count). The van der Waals surface area contributed by atoms with Crippen LogP contribution in [0.5, 0.6) is 0 Å². The average Bonchev–Trinajstić information content (AvgIpc) is 3.39. The Hall–Kier alpha value is -2.71. The summed E-state index contributed by atoms with van der Waals surface area (Å²) in [6.07, 6.45) is 4.88. The van der Waals surface area contributed by atoms with Gasteiger partial charge in [0.2, 0.25) is 11.8 Å². The monoisotopic (exact) mass is 380 g/mol. The van der Waals surface area contributed by atoms with Crippen LogP contribution in [0, 0.1) is 0 Å². The zero-order valence-corrected chi connectivity index (χ0v) is 15.7. The molecule has 0 spiro atoms. The number of thiophene rings is 1. The highest BCUT2D eigenvalue weighted by Gasteiger charge is 2.23. The van der Waals surface area contributed by atoms with Crippen molar-refractivity contribution in [2.24, 2.45) is 0 Å². The largest absolute Gasteiger partial charge is 0.380 e. The molecule has 0 atom stereocenters. The third-order valence-corrected chi connectivity index (χ3v) is 5.63. The first-order chi connectivity index (χ1) is 13.4. The number of hydrogen-bond acceptors (Lipinski definition) is 6. The Kier molecular flexibility index (Phi) is 4.35. The first-order valence-electron chi connectivity index (χ1n) is 9.11. The van der Waals surface area contributed by atoms with E-state index in [1.54, 1.807) is 11.3 Å².